The van der Waals surface area contributed by atoms with Crippen LogP contribution in [0, 0.1) is 0 Å². The summed E-state index contributed by atoms with van der Waals surface area (Å²) in [5, 5.41) is 21.7. The zero-order valence-corrected chi connectivity index (χ0v) is 18.1. The summed E-state index contributed by atoms with van der Waals surface area (Å²) < 4.78 is 0. The van der Waals surface area contributed by atoms with Gasteiger partial charge in [0, 0.05) is 13.1 Å². The number of allylic oxidation sites excluding steroid dienone is 3. The van der Waals surface area contributed by atoms with Crippen LogP contribution in [0.15, 0.2) is 23.8 Å². The normalized spacial score (nSPS) is 25.2. The van der Waals surface area contributed by atoms with Gasteiger partial charge in [0.2, 0.25) is 17.7 Å². The first-order valence-corrected chi connectivity index (χ1v) is 11.2. The first-order chi connectivity index (χ1) is 14.8. The van der Waals surface area contributed by atoms with Crippen LogP contribution >= 0.6 is 0 Å². The molecule has 4 atom stereocenters. The van der Waals surface area contributed by atoms with Crippen molar-refractivity contribution in [3.8, 4) is 0 Å². The van der Waals surface area contributed by atoms with Crippen LogP contribution in [0.25, 0.3) is 0 Å². The Bertz CT molecular complexity index is 756. The van der Waals surface area contributed by atoms with E-state index in [2.05, 4.69) is 17.5 Å². The Labute approximate surface area is 183 Å². The lowest BCUT2D eigenvalue weighted by atomic mass is 9.78. The Morgan fingerprint density at radius 1 is 1.16 bits per heavy atom. The van der Waals surface area contributed by atoms with Gasteiger partial charge in [-0.2, -0.15) is 0 Å². The molecule has 0 spiro atoms. The van der Waals surface area contributed by atoms with Crippen molar-refractivity contribution in [1.82, 2.24) is 15.1 Å². The minimum Gasteiger partial charge on any atom is -0.426 e. The number of rotatable bonds is 7. The van der Waals surface area contributed by atoms with E-state index in [0.717, 1.165) is 18.4 Å². The number of amides is 3. The second-order valence-corrected chi connectivity index (χ2v) is 8.64. The number of nitrogens with two attached hydrogens (primary N) is 1. The number of hydrogen-bond donors (Lipinski definition) is 4. The summed E-state index contributed by atoms with van der Waals surface area (Å²) in [4.78, 5) is 41.5. The molecule has 1 aliphatic carbocycles. The zero-order chi connectivity index (χ0) is 22.5. The molecule has 0 saturated carbocycles. The summed E-state index contributed by atoms with van der Waals surface area (Å²) in [5.74, 6) is -1.64. The van der Waals surface area contributed by atoms with Gasteiger partial charge in [0.15, 0.2) is 0 Å². The predicted molar refractivity (Wildman–Crippen MR) is 116 cm³/mol. The average molecular weight is 432 g/mol. The van der Waals surface area contributed by atoms with Gasteiger partial charge >= 0.3 is 7.12 Å². The Balaban J connectivity index is 1.57. The molecule has 2 aliphatic heterocycles. The molecule has 10 heteroatoms. The fraction of sp³-hybridized carbons (Fsp3) is 0.667. The van der Waals surface area contributed by atoms with Gasteiger partial charge in [0.25, 0.3) is 0 Å². The van der Waals surface area contributed by atoms with Crippen LogP contribution in [0.3, 0.4) is 0 Å². The topological polar surface area (TPSA) is 136 Å². The third kappa shape index (κ3) is 5.55. The molecule has 9 nitrogen and oxygen atoms in total. The van der Waals surface area contributed by atoms with Crippen LogP contribution in [-0.2, 0) is 14.4 Å². The van der Waals surface area contributed by atoms with E-state index in [1.807, 2.05) is 6.08 Å². The number of hydrogen-bond acceptors (Lipinski definition) is 6. The lowest BCUT2D eigenvalue weighted by Crippen LogP contribution is -2.56. The average Bonchev–Trinajstić information content (AvgIpc) is 3.43. The van der Waals surface area contributed by atoms with Crippen LogP contribution in [0.1, 0.15) is 51.9 Å². The lowest BCUT2D eigenvalue weighted by Gasteiger charge is -2.30. The molecule has 3 aliphatic rings. The molecule has 0 aromatic heterocycles. The summed E-state index contributed by atoms with van der Waals surface area (Å²) in [5.41, 5.74) is 7.20. The fourth-order valence-corrected chi connectivity index (χ4v) is 4.67. The molecule has 0 bridgehead atoms. The molecular weight excluding hydrogens is 399 g/mol. The summed E-state index contributed by atoms with van der Waals surface area (Å²) >= 11 is 0. The monoisotopic (exact) mass is 432 g/mol. The van der Waals surface area contributed by atoms with Crippen molar-refractivity contribution >= 4 is 24.8 Å². The van der Waals surface area contributed by atoms with Crippen LogP contribution in [0.4, 0.5) is 0 Å². The highest BCUT2D eigenvalue weighted by atomic mass is 16.4. The van der Waals surface area contributed by atoms with Gasteiger partial charge in [-0.3, -0.25) is 14.4 Å². The highest BCUT2D eigenvalue weighted by Crippen LogP contribution is 2.22. The zero-order valence-electron chi connectivity index (χ0n) is 18.1. The number of nitrogens with one attached hydrogen (secondary N) is 1. The molecule has 2 saturated heterocycles. The molecule has 31 heavy (non-hydrogen) atoms. The van der Waals surface area contributed by atoms with Gasteiger partial charge in [-0.25, -0.2) is 0 Å². The maximum absolute atomic E-state index is 12.9. The van der Waals surface area contributed by atoms with E-state index in [4.69, 9.17) is 5.73 Å². The third-order valence-corrected chi connectivity index (χ3v) is 6.34. The molecule has 0 radical (unpaired) electrons. The van der Waals surface area contributed by atoms with Gasteiger partial charge in [-0.1, -0.05) is 23.8 Å². The molecule has 0 aromatic rings. The molecule has 0 aromatic carbocycles. The minimum atomic E-state index is -1.60. The van der Waals surface area contributed by atoms with Crippen molar-refractivity contribution in [2.45, 2.75) is 75.9 Å². The predicted octanol–water partition coefficient (Wildman–Crippen LogP) is -0.521. The maximum Gasteiger partial charge on any atom is 0.475 e. The summed E-state index contributed by atoms with van der Waals surface area (Å²) in [6, 6.07) is -2.18. The fourth-order valence-electron chi connectivity index (χ4n) is 4.67. The van der Waals surface area contributed by atoms with Crippen molar-refractivity contribution < 1.29 is 24.4 Å². The standard InChI is InChI=1S/C21H33BN4O5/c1-14(20(28)26-12-6-10-18(26)22(30)31)24-19(27)17-9-5-11-25(17)21(29)16(23)13-15-7-3-2-4-8-15/h3,7-8,14,16-18,30-31H,2,4-6,9-13,23H2,1H3,(H,24,27)/t14-,16-,17-,18-/m0/s1. The Kier molecular flexibility index (Phi) is 7.91. The number of nitrogens with zero attached hydrogens (tertiary/aromatic N) is 2. The number of likely N-dealkylation sites (tertiary alicyclic amines) is 2. The lowest BCUT2D eigenvalue weighted by molar-refractivity contribution is -0.141. The SMILES string of the molecule is C[C@H](NC(=O)[C@@H]1CCCN1C(=O)[C@@H](N)CC1=CCCC=C1)C(=O)N1CCC[C@H]1B(O)O. The van der Waals surface area contributed by atoms with Gasteiger partial charge in [-0.15, -0.1) is 0 Å². The summed E-state index contributed by atoms with van der Waals surface area (Å²) in [6.45, 7) is 2.47. The molecule has 170 valence electrons. The molecular formula is C21H33BN4O5. The third-order valence-electron chi connectivity index (χ3n) is 6.34. The van der Waals surface area contributed by atoms with Crippen molar-refractivity contribution in [3.05, 3.63) is 23.8 Å². The highest BCUT2D eigenvalue weighted by molar-refractivity contribution is 6.43. The molecule has 3 rings (SSSR count). The van der Waals surface area contributed by atoms with Crippen molar-refractivity contribution in [2.75, 3.05) is 13.1 Å². The van der Waals surface area contributed by atoms with E-state index in [1.54, 1.807) is 6.92 Å². The molecule has 5 N–H and O–H groups in total. The maximum atomic E-state index is 12.9. The summed E-state index contributed by atoms with van der Waals surface area (Å²) in [6.07, 6.45) is 10.9. The van der Waals surface area contributed by atoms with Gasteiger partial charge in [-0.05, 0) is 51.9 Å². The second kappa shape index (κ2) is 10.4. The minimum absolute atomic E-state index is 0.250. The number of carbonyl (C=O) groups is 3. The highest BCUT2D eigenvalue weighted by Gasteiger charge is 2.40. The van der Waals surface area contributed by atoms with Gasteiger partial charge in [0.1, 0.15) is 12.1 Å². The molecule has 2 fully saturated rings. The molecule has 2 heterocycles. The van der Waals surface area contributed by atoms with E-state index in [1.165, 1.54) is 9.80 Å². The summed E-state index contributed by atoms with van der Waals surface area (Å²) in [7, 11) is -1.60. The van der Waals surface area contributed by atoms with Crippen molar-refractivity contribution in [2.24, 2.45) is 5.73 Å². The Morgan fingerprint density at radius 3 is 2.55 bits per heavy atom. The van der Waals surface area contributed by atoms with Crippen LogP contribution in [0.2, 0.25) is 0 Å². The van der Waals surface area contributed by atoms with Crippen LogP contribution in [-0.4, -0.2) is 81.8 Å². The van der Waals surface area contributed by atoms with E-state index < -0.39 is 31.2 Å². The first kappa shape index (κ1) is 23.5. The Hall–Kier alpha value is -2.17. The smallest absolute Gasteiger partial charge is 0.426 e. The van der Waals surface area contributed by atoms with Crippen molar-refractivity contribution in [1.29, 1.82) is 0 Å². The number of carbonyl (C=O) groups excluding carboxylic acids is 3. The quantitative estimate of drug-likeness (QED) is 0.400. The van der Waals surface area contributed by atoms with E-state index in [-0.39, 0.29) is 17.7 Å². The van der Waals surface area contributed by atoms with Crippen LogP contribution < -0.4 is 11.1 Å². The van der Waals surface area contributed by atoms with E-state index in [9.17, 15) is 24.4 Å². The Morgan fingerprint density at radius 2 is 1.87 bits per heavy atom. The molecule has 3 amide bonds. The largest absolute Gasteiger partial charge is 0.475 e. The van der Waals surface area contributed by atoms with Crippen LogP contribution in [0.5, 0.6) is 0 Å². The van der Waals surface area contributed by atoms with Crippen molar-refractivity contribution in [3.63, 3.8) is 0 Å². The van der Waals surface area contributed by atoms with E-state index in [0.29, 0.717) is 45.2 Å². The second-order valence-electron chi connectivity index (χ2n) is 8.64. The first-order valence-electron chi connectivity index (χ1n) is 11.2. The van der Waals surface area contributed by atoms with Gasteiger partial charge in [0.05, 0.1) is 12.0 Å². The van der Waals surface area contributed by atoms with E-state index >= 15 is 0 Å². The van der Waals surface area contributed by atoms with Gasteiger partial charge < -0.3 is 30.9 Å². The molecule has 0 unspecified atom stereocenters.